The van der Waals surface area contributed by atoms with Crippen molar-refractivity contribution in [3.8, 4) is 0 Å². The molecule has 3 aromatic rings. The number of urea groups is 1. The van der Waals surface area contributed by atoms with E-state index in [1.807, 2.05) is 0 Å². The summed E-state index contributed by atoms with van der Waals surface area (Å²) in [5, 5.41) is 16.8. The lowest BCUT2D eigenvalue weighted by molar-refractivity contribution is -0.139. The molecule has 1 unspecified atom stereocenters. The van der Waals surface area contributed by atoms with E-state index in [2.05, 4.69) is 26.1 Å². The van der Waals surface area contributed by atoms with Crippen molar-refractivity contribution in [3.05, 3.63) is 65.5 Å². The van der Waals surface area contributed by atoms with E-state index in [-0.39, 0.29) is 17.9 Å². The number of furan rings is 1. The van der Waals surface area contributed by atoms with Gasteiger partial charge in [0.25, 0.3) is 0 Å². The first-order valence-electron chi connectivity index (χ1n) is 9.54. The highest BCUT2D eigenvalue weighted by Gasteiger charge is 2.35. The molecule has 3 N–H and O–H groups in total. The minimum absolute atomic E-state index is 0.184. The maximum absolute atomic E-state index is 13.8. The quantitative estimate of drug-likeness (QED) is 0.331. The molecule has 1 aromatic carbocycles. The van der Waals surface area contributed by atoms with Gasteiger partial charge in [-0.05, 0) is 31.2 Å². The summed E-state index contributed by atoms with van der Waals surface area (Å²) in [5.41, 5.74) is 0.931. The molecule has 0 saturated heterocycles. The summed E-state index contributed by atoms with van der Waals surface area (Å²) >= 11 is 2.50. The number of benzene rings is 1. The Morgan fingerprint density at radius 3 is 2.91 bits per heavy atom. The van der Waals surface area contributed by atoms with E-state index in [0.29, 0.717) is 26.6 Å². The zero-order chi connectivity index (χ0) is 22.5. The van der Waals surface area contributed by atoms with Crippen LogP contribution < -0.4 is 16.0 Å². The molecular formula is C20H18FN5O4S2. The van der Waals surface area contributed by atoms with Crippen molar-refractivity contribution in [3.63, 3.8) is 0 Å². The molecule has 2 amide bonds. The van der Waals surface area contributed by atoms with Gasteiger partial charge in [0.1, 0.15) is 17.6 Å². The van der Waals surface area contributed by atoms with Crippen LogP contribution in [0, 0.1) is 5.82 Å². The molecule has 2 aromatic heterocycles. The number of para-hydroxylation sites is 1. The lowest BCUT2D eigenvalue weighted by atomic mass is 10.0. The summed E-state index contributed by atoms with van der Waals surface area (Å²) in [6.45, 7) is 1.89. The number of esters is 1. The van der Waals surface area contributed by atoms with Gasteiger partial charge in [0, 0.05) is 11.4 Å². The molecule has 12 heteroatoms. The molecule has 0 radical (unpaired) electrons. The second-order valence-electron chi connectivity index (χ2n) is 6.43. The van der Waals surface area contributed by atoms with Gasteiger partial charge in [-0.15, -0.1) is 10.2 Å². The molecule has 0 saturated carbocycles. The Labute approximate surface area is 190 Å². The summed E-state index contributed by atoms with van der Waals surface area (Å²) in [6.07, 6.45) is 1.46. The van der Waals surface area contributed by atoms with Crippen LogP contribution in [0.15, 0.2) is 62.7 Å². The van der Waals surface area contributed by atoms with Crippen LogP contribution in [0.5, 0.6) is 0 Å². The SMILES string of the molecule is CCOC(=O)C1=C(CSc2nnc(Nc3ccccc3F)s2)NC(=O)NC1c1ccco1. The van der Waals surface area contributed by atoms with Crippen LogP contribution in [0.4, 0.5) is 20.0 Å². The van der Waals surface area contributed by atoms with Gasteiger partial charge in [0.2, 0.25) is 5.13 Å². The van der Waals surface area contributed by atoms with Crippen molar-refractivity contribution >= 4 is 45.9 Å². The lowest BCUT2D eigenvalue weighted by Crippen LogP contribution is -2.46. The zero-order valence-corrected chi connectivity index (χ0v) is 18.4. The van der Waals surface area contributed by atoms with Crippen molar-refractivity contribution in [1.82, 2.24) is 20.8 Å². The Morgan fingerprint density at radius 2 is 2.16 bits per heavy atom. The second-order valence-corrected chi connectivity index (χ2v) is 8.63. The second kappa shape index (κ2) is 9.83. The maximum atomic E-state index is 13.8. The first-order chi connectivity index (χ1) is 15.5. The summed E-state index contributed by atoms with van der Waals surface area (Å²) in [7, 11) is 0. The Kier molecular flexibility index (Phi) is 6.71. The summed E-state index contributed by atoms with van der Waals surface area (Å²) in [4.78, 5) is 24.9. The molecule has 0 fully saturated rings. The van der Waals surface area contributed by atoms with Gasteiger partial charge in [-0.2, -0.15) is 0 Å². The Balaban J connectivity index is 1.54. The van der Waals surface area contributed by atoms with E-state index >= 15 is 0 Å². The van der Waals surface area contributed by atoms with Gasteiger partial charge in [0.15, 0.2) is 4.34 Å². The number of ether oxygens (including phenoxy) is 1. The monoisotopic (exact) mass is 475 g/mol. The number of nitrogens with zero attached hydrogens (tertiary/aromatic N) is 2. The highest BCUT2D eigenvalue weighted by Crippen LogP contribution is 2.33. The molecule has 1 aliphatic rings. The van der Waals surface area contributed by atoms with E-state index < -0.39 is 23.9 Å². The first-order valence-corrected chi connectivity index (χ1v) is 11.3. The van der Waals surface area contributed by atoms with E-state index in [9.17, 15) is 14.0 Å². The normalized spacial score (nSPS) is 15.8. The molecule has 9 nitrogen and oxygen atoms in total. The third-order valence-electron chi connectivity index (χ3n) is 4.34. The number of halogens is 1. The number of hydrogen-bond acceptors (Lipinski definition) is 9. The largest absolute Gasteiger partial charge is 0.467 e. The summed E-state index contributed by atoms with van der Waals surface area (Å²) in [5.74, 6) is -0.316. The Bertz CT molecular complexity index is 1150. The van der Waals surface area contributed by atoms with Crippen LogP contribution in [-0.2, 0) is 9.53 Å². The smallest absolute Gasteiger partial charge is 0.338 e. The minimum Gasteiger partial charge on any atom is -0.467 e. The van der Waals surface area contributed by atoms with Gasteiger partial charge >= 0.3 is 12.0 Å². The van der Waals surface area contributed by atoms with Crippen LogP contribution in [-0.4, -0.2) is 34.6 Å². The third-order valence-corrected chi connectivity index (χ3v) is 6.34. The highest BCUT2D eigenvalue weighted by molar-refractivity contribution is 8.01. The fourth-order valence-corrected chi connectivity index (χ4v) is 4.71. The number of nitrogens with one attached hydrogen (secondary N) is 3. The Morgan fingerprint density at radius 1 is 1.31 bits per heavy atom. The first kappa shape index (κ1) is 21.8. The van der Waals surface area contributed by atoms with Crippen molar-refractivity contribution in [2.45, 2.75) is 17.3 Å². The molecule has 1 atom stereocenters. The molecule has 0 spiro atoms. The number of hydrogen-bond donors (Lipinski definition) is 3. The van der Waals surface area contributed by atoms with E-state index in [0.717, 1.165) is 0 Å². The number of aromatic nitrogens is 2. The molecule has 0 bridgehead atoms. The van der Waals surface area contributed by atoms with Crippen LogP contribution in [0.25, 0.3) is 0 Å². The van der Waals surface area contributed by atoms with Gasteiger partial charge in [-0.1, -0.05) is 35.2 Å². The van der Waals surface area contributed by atoms with Gasteiger partial charge in [0.05, 0.1) is 24.1 Å². The topological polar surface area (TPSA) is 118 Å². The van der Waals surface area contributed by atoms with Crippen LogP contribution >= 0.6 is 23.1 Å². The van der Waals surface area contributed by atoms with Crippen molar-refractivity contribution < 1.29 is 23.1 Å². The summed E-state index contributed by atoms with van der Waals surface area (Å²) in [6, 6.07) is 8.35. The van der Waals surface area contributed by atoms with Crippen molar-refractivity contribution in [1.29, 1.82) is 0 Å². The van der Waals surface area contributed by atoms with Gasteiger partial charge in [-0.3, -0.25) is 0 Å². The predicted octanol–water partition coefficient (Wildman–Crippen LogP) is 3.98. The number of thioether (sulfide) groups is 1. The number of anilines is 2. The standard InChI is InChI=1S/C20H18FN5O4S2/c1-2-29-17(27)15-13(22-18(28)24-16(15)14-8-5-9-30-14)10-31-20-26-25-19(32-20)23-12-7-4-3-6-11(12)21/h3-9,16H,2,10H2,1H3,(H,23,25)(H2,22,24,28). The van der Waals surface area contributed by atoms with Crippen molar-refractivity contribution in [2.24, 2.45) is 0 Å². The van der Waals surface area contributed by atoms with Gasteiger partial charge < -0.3 is 25.1 Å². The van der Waals surface area contributed by atoms with Crippen molar-refractivity contribution in [2.75, 3.05) is 17.7 Å². The van der Waals surface area contributed by atoms with Crippen LogP contribution in [0.1, 0.15) is 18.7 Å². The number of rotatable bonds is 8. The summed E-state index contributed by atoms with van der Waals surface area (Å²) < 4.78 is 25.0. The molecule has 32 heavy (non-hydrogen) atoms. The zero-order valence-electron chi connectivity index (χ0n) is 16.8. The molecule has 1 aliphatic heterocycles. The molecule has 166 valence electrons. The average molecular weight is 476 g/mol. The minimum atomic E-state index is -0.777. The third kappa shape index (κ3) is 4.92. The maximum Gasteiger partial charge on any atom is 0.338 e. The lowest BCUT2D eigenvalue weighted by Gasteiger charge is -2.27. The molecular weight excluding hydrogens is 457 g/mol. The van der Waals surface area contributed by atoms with E-state index in [1.165, 1.54) is 35.4 Å². The fourth-order valence-electron chi connectivity index (χ4n) is 2.98. The van der Waals surface area contributed by atoms with E-state index in [1.54, 1.807) is 37.3 Å². The Hall–Kier alpha value is -3.38. The predicted molar refractivity (Wildman–Crippen MR) is 117 cm³/mol. The number of amides is 2. The molecule has 3 heterocycles. The number of carbonyl (C=O) groups excluding carboxylic acids is 2. The molecule has 4 rings (SSSR count). The fraction of sp³-hybridized carbons (Fsp3) is 0.200. The van der Waals surface area contributed by atoms with E-state index in [4.69, 9.17) is 9.15 Å². The van der Waals surface area contributed by atoms with Crippen LogP contribution in [0.2, 0.25) is 0 Å². The van der Waals surface area contributed by atoms with Crippen LogP contribution in [0.3, 0.4) is 0 Å². The molecule has 0 aliphatic carbocycles. The average Bonchev–Trinajstić information content (AvgIpc) is 3.46. The number of carbonyl (C=O) groups is 2. The van der Waals surface area contributed by atoms with Gasteiger partial charge in [-0.25, -0.2) is 14.0 Å². The highest BCUT2D eigenvalue weighted by atomic mass is 32.2.